The summed E-state index contributed by atoms with van der Waals surface area (Å²) in [5, 5.41) is 4.98. The number of benzene rings is 1. The molecule has 1 saturated heterocycles. The summed E-state index contributed by atoms with van der Waals surface area (Å²) < 4.78 is 24.4. The van der Waals surface area contributed by atoms with E-state index < -0.39 is 35.7 Å². The van der Waals surface area contributed by atoms with Crippen LogP contribution in [-0.4, -0.2) is 40.6 Å². The first-order valence-corrected chi connectivity index (χ1v) is 7.56. The lowest BCUT2D eigenvalue weighted by molar-refractivity contribution is -0.132. The van der Waals surface area contributed by atoms with E-state index >= 15 is 0 Å². The molecule has 0 radical (unpaired) electrons. The van der Waals surface area contributed by atoms with Gasteiger partial charge >= 0.3 is 6.03 Å². The number of alkyl halides is 2. The molecule has 6 nitrogen and oxygen atoms in total. The van der Waals surface area contributed by atoms with Crippen LogP contribution in [0.2, 0.25) is 0 Å². The lowest BCUT2D eigenvalue weighted by Crippen LogP contribution is -2.41. The van der Waals surface area contributed by atoms with Gasteiger partial charge in [0, 0.05) is 10.6 Å². The minimum Gasteiger partial charge on any atom is -0.325 e. The molecule has 0 aromatic heterocycles. The van der Waals surface area contributed by atoms with Crippen LogP contribution in [0, 0.1) is 0 Å². The minimum absolute atomic E-state index is 0.369. The van der Waals surface area contributed by atoms with Crippen molar-refractivity contribution in [3.8, 4) is 0 Å². The molecule has 9 heteroatoms. The second kappa shape index (κ2) is 6.53. The third-order valence-electron chi connectivity index (χ3n) is 3.11. The number of urea groups is 1. The van der Waals surface area contributed by atoms with E-state index in [0.717, 1.165) is 4.90 Å². The fraction of sp³-hybridized carbons (Fsp3) is 0.357. The monoisotopic (exact) mass is 343 g/mol. The number of nitrogens with one attached hydrogen (secondary N) is 2. The van der Waals surface area contributed by atoms with Crippen LogP contribution in [0.1, 0.15) is 13.8 Å². The molecule has 1 fully saturated rings. The molecule has 23 heavy (non-hydrogen) atoms. The second-order valence-corrected chi connectivity index (χ2v) is 6.46. The molecule has 124 valence electrons. The van der Waals surface area contributed by atoms with Crippen LogP contribution >= 0.6 is 11.8 Å². The van der Waals surface area contributed by atoms with E-state index in [1.165, 1.54) is 24.3 Å². The van der Waals surface area contributed by atoms with Crippen molar-refractivity contribution in [3.63, 3.8) is 0 Å². The Morgan fingerprint density at radius 1 is 1.30 bits per heavy atom. The summed E-state index contributed by atoms with van der Waals surface area (Å²) in [6.07, 6.45) is 0. The van der Waals surface area contributed by atoms with Crippen molar-refractivity contribution in [2.75, 3.05) is 11.9 Å². The maximum atomic E-state index is 12.2. The topological polar surface area (TPSA) is 78.5 Å². The summed E-state index contributed by atoms with van der Waals surface area (Å²) in [4.78, 5) is 36.8. The number of hydrogen-bond donors (Lipinski definition) is 2. The van der Waals surface area contributed by atoms with Crippen molar-refractivity contribution in [1.82, 2.24) is 10.2 Å². The lowest BCUT2D eigenvalue weighted by atomic mass is 10.1. The van der Waals surface area contributed by atoms with E-state index in [9.17, 15) is 23.2 Å². The first-order chi connectivity index (χ1) is 10.7. The smallest absolute Gasteiger partial charge is 0.325 e. The number of anilines is 1. The average molecular weight is 343 g/mol. The molecular formula is C14H15F2N3O3S. The fourth-order valence-corrected chi connectivity index (χ4v) is 2.52. The Bertz CT molecular complexity index is 635. The van der Waals surface area contributed by atoms with Crippen LogP contribution in [-0.2, 0) is 9.59 Å². The van der Waals surface area contributed by atoms with Gasteiger partial charge in [-0.05, 0) is 38.1 Å². The zero-order valence-corrected chi connectivity index (χ0v) is 13.2. The quantitative estimate of drug-likeness (QED) is 0.635. The first kappa shape index (κ1) is 17.2. The SMILES string of the molecule is CC1(C)NC(=O)N(CC(=O)Nc2ccc(SC(F)F)cc2)C1=O. The van der Waals surface area contributed by atoms with Gasteiger partial charge in [0.25, 0.3) is 11.7 Å². The fourth-order valence-electron chi connectivity index (χ4n) is 2.03. The Morgan fingerprint density at radius 3 is 2.39 bits per heavy atom. The molecule has 0 atom stereocenters. The Hall–Kier alpha value is -2.16. The van der Waals surface area contributed by atoms with Gasteiger partial charge in [-0.15, -0.1) is 0 Å². The van der Waals surface area contributed by atoms with Gasteiger partial charge in [0.2, 0.25) is 5.91 Å². The number of carbonyl (C=O) groups excluding carboxylic acids is 3. The number of hydrogen-bond acceptors (Lipinski definition) is 4. The second-order valence-electron chi connectivity index (χ2n) is 5.40. The van der Waals surface area contributed by atoms with Crippen molar-refractivity contribution in [2.45, 2.75) is 30.0 Å². The van der Waals surface area contributed by atoms with Crippen LogP contribution in [0.15, 0.2) is 29.2 Å². The number of imide groups is 1. The standard InChI is InChI=1S/C14H15F2N3O3S/c1-14(2)11(21)19(13(22)18-14)7-10(20)17-8-3-5-9(6-4-8)23-12(15)16/h3-6,12H,7H2,1-2H3,(H,17,20)(H,18,22). The number of rotatable bonds is 5. The molecule has 0 spiro atoms. The molecule has 1 aliphatic rings. The molecule has 1 heterocycles. The summed E-state index contributed by atoms with van der Waals surface area (Å²) in [6.45, 7) is 2.68. The Kier molecular flexibility index (Phi) is 4.88. The molecule has 1 aromatic rings. The average Bonchev–Trinajstić information content (AvgIpc) is 2.62. The maximum Gasteiger partial charge on any atom is 0.325 e. The maximum absolute atomic E-state index is 12.2. The first-order valence-electron chi connectivity index (χ1n) is 6.68. The zero-order valence-electron chi connectivity index (χ0n) is 12.4. The molecule has 0 unspecified atom stereocenters. The molecule has 4 amide bonds. The lowest BCUT2D eigenvalue weighted by Gasteiger charge is -2.15. The highest BCUT2D eigenvalue weighted by atomic mass is 32.2. The number of nitrogens with zero attached hydrogens (tertiary/aromatic N) is 1. The van der Waals surface area contributed by atoms with Gasteiger partial charge in [-0.25, -0.2) is 4.79 Å². The van der Waals surface area contributed by atoms with Gasteiger partial charge in [-0.2, -0.15) is 8.78 Å². The van der Waals surface area contributed by atoms with E-state index in [0.29, 0.717) is 22.3 Å². The van der Waals surface area contributed by atoms with Gasteiger partial charge in [0.05, 0.1) is 0 Å². The number of thioether (sulfide) groups is 1. The Labute approximate surface area is 135 Å². The normalized spacial score (nSPS) is 16.7. The van der Waals surface area contributed by atoms with E-state index in [4.69, 9.17) is 0 Å². The summed E-state index contributed by atoms with van der Waals surface area (Å²) in [6, 6.07) is 5.21. The highest BCUT2D eigenvalue weighted by Gasteiger charge is 2.44. The molecule has 1 aliphatic heterocycles. The van der Waals surface area contributed by atoms with E-state index in [2.05, 4.69) is 10.6 Å². The van der Waals surface area contributed by atoms with E-state index in [-0.39, 0.29) is 0 Å². The molecule has 0 aliphatic carbocycles. The molecular weight excluding hydrogens is 328 g/mol. The Balaban J connectivity index is 1.95. The predicted octanol–water partition coefficient (Wildman–Crippen LogP) is 2.27. The predicted molar refractivity (Wildman–Crippen MR) is 81.3 cm³/mol. The highest BCUT2D eigenvalue weighted by molar-refractivity contribution is 7.99. The van der Waals surface area contributed by atoms with Crippen LogP contribution in [0.4, 0.5) is 19.3 Å². The summed E-state index contributed by atoms with van der Waals surface area (Å²) in [7, 11) is 0. The van der Waals surface area contributed by atoms with Crippen LogP contribution in [0.25, 0.3) is 0 Å². The third-order valence-corrected chi connectivity index (χ3v) is 3.83. The number of halogens is 2. The van der Waals surface area contributed by atoms with Crippen molar-refractivity contribution in [1.29, 1.82) is 0 Å². The summed E-state index contributed by atoms with van der Waals surface area (Å²) >= 11 is 0.401. The number of carbonyl (C=O) groups is 3. The summed E-state index contributed by atoms with van der Waals surface area (Å²) in [5.41, 5.74) is -0.647. The Morgan fingerprint density at radius 2 is 1.91 bits per heavy atom. The van der Waals surface area contributed by atoms with Gasteiger partial charge in [0.1, 0.15) is 12.1 Å². The zero-order chi connectivity index (χ0) is 17.2. The third kappa shape index (κ3) is 4.19. The van der Waals surface area contributed by atoms with Crippen molar-refractivity contribution >= 4 is 35.3 Å². The molecule has 2 N–H and O–H groups in total. The van der Waals surface area contributed by atoms with Crippen molar-refractivity contribution < 1.29 is 23.2 Å². The van der Waals surface area contributed by atoms with Gasteiger partial charge in [-0.1, -0.05) is 11.8 Å². The van der Waals surface area contributed by atoms with E-state index in [1.54, 1.807) is 13.8 Å². The van der Waals surface area contributed by atoms with Gasteiger partial charge < -0.3 is 10.6 Å². The highest BCUT2D eigenvalue weighted by Crippen LogP contribution is 2.26. The number of amides is 4. The van der Waals surface area contributed by atoms with Gasteiger partial charge in [-0.3, -0.25) is 14.5 Å². The van der Waals surface area contributed by atoms with Crippen molar-refractivity contribution in [3.05, 3.63) is 24.3 Å². The molecule has 1 aromatic carbocycles. The van der Waals surface area contributed by atoms with Crippen LogP contribution < -0.4 is 10.6 Å². The van der Waals surface area contributed by atoms with Crippen molar-refractivity contribution in [2.24, 2.45) is 0 Å². The van der Waals surface area contributed by atoms with Crippen LogP contribution in [0.5, 0.6) is 0 Å². The molecule has 2 rings (SSSR count). The van der Waals surface area contributed by atoms with Crippen LogP contribution in [0.3, 0.4) is 0 Å². The minimum atomic E-state index is -2.52. The molecule has 0 bridgehead atoms. The van der Waals surface area contributed by atoms with E-state index in [1.807, 2.05) is 0 Å². The molecule has 0 saturated carbocycles. The largest absolute Gasteiger partial charge is 0.325 e. The summed E-state index contributed by atoms with van der Waals surface area (Å²) in [5.74, 6) is -3.56. The van der Waals surface area contributed by atoms with Gasteiger partial charge in [0.15, 0.2) is 0 Å².